The predicted molar refractivity (Wildman–Crippen MR) is 126 cm³/mol. The minimum absolute atomic E-state index is 0.318. The van der Waals surface area contributed by atoms with Gasteiger partial charge in [0.25, 0.3) is 10.0 Å². The van der Waals surface area contributed by atoms with Gasteiger partial charge in [-0.2, -0.15) is 0 Å². The summed E-state index contributed by atoms with van der Waals surface area (Å²) in [5.41, 5.74) is 2.55. The molecule has 0 bridgehead atoms. The molecule has 6 nitrogen and oxygen atoms in total. The largest absolute Gasteiger partial charge is 0.366 e. The Morgan fingerprint density at radius 2 is 1.60 bits per heavy atom. The van der Waals surface area contributed by atoms with E-state index in [4.69, 9.17) is 4.98 Å². The maximum Gasteiger partial charge on any atom is 0.271 e. The number of aromatic nitrogens is 1. The van der Waals surface area contributed by atoms with E-state index in [0.717, 1.165) is 42.5 Å². The molecule has 0 unspecified atom stereocenters. The molecule has 0 amide bonds. The average molecular weight is 457 g/mol. The van der Waals surface area contributed by atoms with Crippen molar-refractivity contribution in [2.45, 2.75) is 4.21 Å². The highest BCUT2D eigenvalue weighted by Gasteiger charge is 2.23. The average Bonchev–Trinajstić information content (AvgIpc) is 3.44. The minimum atomic E-state index is -3.58. The van der Waals surface area contributed by atoms with Crippen molar-refractivity contribution in [1.82, 2.24) is 4.98 Å². The number of nitrogens with one attached hydrogen (secondary N) is 1. The van der Waals surface area contributed by atoms with E-state index < -0.39 is 10.0 Å². The fraction of sp³-hybridized carbons (Fsp3) is 0.190. The second-order valence-corrected chi connectivity index (χ2v) is 10.9. The molecular formula is C21H20N4O2S3. The molecular weight excluding hydrogens is 436 g/mol. The van der Waals surface area contributed by atoms with Crippen molar-refractivity contribution in [3.05, 3.63) is 66.0 Å². The standard InChI is InChI=1S/C21H20N4O2S3/c26-30(27,20-10-5-15-28-20)23-16-6-1-3-8-18(16)24-11-13-25(14-12-24)21-22-17-7-2-4-9-19(17)29-21/h1-10,15,23H,11-14H2. The van der Waals surface area contributed by atoms with E-state index in [0.29, 0.717) is 9.90 Å². The highest BCUT2D eigenvalue weighted by Crippen LogP contribution is 2.32. The van der Waals surface area contributed by atoms with Crippen LogP contribution in [0, 0.1) is 0 Å². The monoisotopic (exact) mass is 456 g/mol. The number of sulfonamides is 1. The Morgan fingerprint density at radius 3 is 2.37 bits per heavy atom. The van der Waals surface area contributed by atoms with Crippen molar-refractivity contribution in [1.29, 1.82) is 0 Å². The van der Waals surface area contributed by atoms with Gasteiger partial charge >= 0.3 is 0 Å². The first-order valence-electron chi connectivity index (χ1n) is 9.61. The summed E-state index contributed by atoms with van der Waals surface area (Å²) < 4.78 is 29.7. The molecule has 154 valence electrons. The minimum Gasteiger partial charge on any atom is -0.366 e. The number of para-hydroxylation sites is 3. The van der Waals surface area contributed by atoms with Crippen LogP contribution in [-0.2, 0) is 10.0 Å². The van der Waals surface area contributed by atoms with Crippen LogP contribution < -0.4 is 14.5 Å². The molecule has 2 aromatic heterocycles. The molecule has 2 aromatic carbocycles. The smallest absolute Gasteiger partial charge is 0.271 e. The Morgan fingerprint density at radius 1 is 0.867 bits per heavy atom. The van der Waals surface area contributed by atoms with Crippen molar-refractivity contribution in [3.8, 4) is 0 Å². The lowest BCUT2D eigenvalue weighted by atomic mass is 10.2. The van der Waals surface area contributed by atoms with Gasteiger partial charge in [-0.3, -0.25) is 4.72 Å². The van der Waals surface area contributed by atoms with Crippen LogP contribution in [0.2, 0.25) is 0 Å². The van der Waals surface area contributed by atoms with E-state index in [1.165, 1.54) is 16.0 Å². The van der Waals surface area contributed by atoms with E-state index in [9.17, 15) is 8.42 Å². The number of rotatable bonds is 5. The molecule has 30 heavy (non-hydrogen) atoms. The van der Waals surface area contributed by atoms with Gasteiger partial charge in [0.2, 0.25) is 0 Å². The van der Waals surface area contributed by atoms with Gasteiger partial charge in [-0.15, -0.1) is 11.3 Å². The van der Waals surface area contributed by atoms with Crippen LogP contribution >= 0.6 is 22.7 Å². The lowest BCUT2D eigenvalue weighted by molar-refractivity contribution is 0.603. The summed E-state index contributed by atoms with van der Waals surface area (Å²) in [6, 6.07) is 19.1. The molecule has 1 N–H and O–H groups in total. The van der Waals surface area contributed by atoms with Gasteiger partial charge in [0.15, 0.2) is 5.13 Å². The van der Waals surface area contributed by atoms with Crippen molar-refractivity contribution >= 4 is 59.4 Å². The molecule has 5 rings (SSSR count). The number of hydrogen-bond donors (Lipinski definition) is 1. The van der Waals surface area contributed by atoms with Gasteiger partial charge in [0, 0.05) is 26.2 Å². The number of piperazine rings is 1. The van der Waals surface area contributed by atoms with Crippen LogP contribution in [0.3, 0.4) is 0 Å². The highest BCUT2D eigenvalue weighted by molar-refractivity contribution is 7.94. The van der Waals surface area contributed by atoms with Gasteiger partial charge in [-0.25, -0.2) is 13.4 Å². The summed E-state index contributed by atoms with van der Waals surface area (Å²) in [4.78, 5) is 9.30. The van der Waals surface area contributed by atoms with Crippen LogP contribution in [-0.4, -0.2) is 39.6 Å². The lowest BCUT2D eigenvalue weighted by Crippen LogP contribution is -2.46. The summed E-state index contributed by atoms with van der Waals surface area (Å²) in [5.74, 6) is 0. The van der Waals surface area contributed by atoms with Crippen LogP contribution in [0.4, 0.5) is 16.5 Å². The molecule has 1 fully saturated rings. The van der Waals surface area contributed by atoms with E-state index in [1.807, 2.05) is 42.5 Å². The Kier molecular flexibility index (Phi) is 5.10. The number of nitrogens with zero attached hydrogens (tertiary/aromatic N) is 3. The Labute approximate surface area is 183 Å². The summed E-state index contributed by atoms with van der Waals surface area (Å²) in [5, 5.41) is 2.81. The fourth-order valence-corrected chi connectivity index (χ4v) is 6.67. The van der Waals surface area contributed by atoms with Gasteiger partial charge in [0.1, 0.15) is 4.21 Å². The molecule has 1 aliphatic rings. The third-order valence-corrected chi connectivity index (χ3v) is 8.94. The van der Waals surface area contributed by atoms with Gasteiger partial charge in [-0.05, 0) is 35.7 Å². The molecule has 3 heterocycles. The molecule has 4 aromatic rings. The first-order valence-corrected chi connectivity index (χ1v) is 12.8. The summed E-state index contributed by atoms with van der Waals surface area (Å²) in [7, 11) is -3.58. The van der Waals surface area contributed by atoms with E-state index in [-0.39, 0.29) is 0 Å². The fourth-order valence-electron chi connectivity index (χ4n) is 3.58. The number of fused-ring (bicyclic) bond motifs is 1. The van der Waals surface area contributed by atoms with E-state index in [1.54, 1.807) is 28.8 Å². The summed E-state index contributed by atoms with van der Waals surface area (Å²) in [6.07, 6.45) is 0. The first kappa shape index (κ1) is 19.3. The van der Waals surface area contributed by atoms with E-state index >= 15 is 0 Å². The maximum atomic E-state index is 12.7. The highest BCUT2D eigenvalue weighted by atomic mass is 32.2. The topological polar surface area (TPSA) is 65.5 Å². The predicted octanol–water partition coefficient (Wildman–Crippen LogP) is 4.49. The zero-order valence-electron chi connectivity index (χ0n) is 16.1. The lowest BCUT2D eigenvalue weighted by Gasteiger charge is -2.36. The molecule has 0 atom stereocenters. The normalized spacial score (nSPS) is 14.9. The maximum absolute atomic E-state index is 12.7. The summed E-state index contributed by atoms with van der Waals surface area (Å²) >= 11 is 2.93. The van der Waals surface area contributed by atoms with Crippen LogP contribution in [0.25, 0.3) is 10.2 Å². The molecule has 0 radical (unpaired) electrons. The molecule has 9 heteroatoms. The number of benzene rings is 2. The van der Waals surface area contributed by atoms with Crippen molar-refractivity contribution in [2.75, 3.05) is 40.7 Å². The molecule has 0 aliphatic carbocycles. The number of thiophene rings is 1. The van der Waals surface area contributed by atoms with Crippen LogP contribution in [0.15, 0.2) is 70.3 Å². The van der Waals surface area contributed by atoms with Gasteiger partial charge in [-0.1, -0.05) is 41.7 Å². The van der Waals surface area contributed by atoms with Gasteiger partial charge in [0.05, 0.1) is 21.6 Å². The SMILES string of the molecule is O=S(=O)(Nc1ccccc1N1CCN(c2nc3ccccc3s2)CC1)c1cccs1. The van der Waals surface area contributed by atoms with Crippen molar-refractivity contribution < 1.29 is 8.42 Å². The van der Waals surface area contributed by atoms with Crippen molar-refractivity contribution in [2.24, 2.45) is 0 Å². The van der Waals surface area contributed by atoms with Crippen molar-refractivity contribution in [3.63, 3.8) is 0 Å². The summed E-state index contributed by atoms with van der Waals surface area (Å²) in [6.45, 7) is 3.28. The zero-order chi connectivity index (χ0) is 20.6. The first-order chi connectivity index (χ1) is 14.6. The quantitative estimate of drug-likeness (QED) is 0.480. The number of anilines is 3. The van der Waals surface area contributed by atoms with Crippen LogP contribution in [0.1, 0.15) is 0 Å². The number of thiazole rings is 1. The molecule has 0 saturated carbocycles. The third kappa shape index (κ3) is 3.76. The second-order valence-electron chi connectivity index (χ2n) is 6.99. The third-order valence-electron chi connectivity index (χ3n) is 5.08. The molecule has 0 spiro atoms. The Hall–Kier alpha value is -2.62. The zero-order valence-corrected chi connectivity index (χ0v) is 18.5. The molecule has 1 aliphatic heterocycles. The number of hydrogen-bond acceptors (Lipinski definition) is 7. The second kappa shape index (κ2) is 7.90. The Balaban J connectivity index is 1.33. The van der Waals surface area contributed by atoms with E-state index in [2.05, 4.69) is 20.6 Å². The Bertz CT molecular complexity index is 1230. The molecule has 1 saturated heterocycles. The van der Waals surface area contributed by atoms with Crippen LogP contribution in [0.5, 0.6) is 0 Å². The van der Waals surface area contributed by atoms with Gasteiger partial charge < -0.3 is 9.80 Å².